The van der Waals surface area contributed by atoms with Gasteiger partial charge in [-0.25, -0.2) is 9.36 Å². The number of ether oxygens (including phenoxy) is 1. The number of nitrogens with one attached hydrogen (secondary N) is 1. The summed E-state index contributed by atoms with van der Waals surface area (Å²) < 4.78 is 26.7. The van der Waals surface area contributed by atoms with E-state index in [9.17, 15) is 34.1 Å². The van der Waals surface area contributed by atoms with Gasteiger partial charge in [-0.1, -0.05) is 119 Å². The maximum atomic E-state index is 12.2. The van der Waals surface area contributed by atoms with Crippen molar-refractivity contribution in [3.05, 3.63) is 72.9 Å². The molecule has 0 aliphatic heterocycles. The smallest absolute Gasteiger partial charge is 0.472 e. The van der Waals surface area contributed by atoms with Crippen molar-refractivity contribution in [3.63, 3.8) is 0 Å². The van der Waals surface area contributed by atoms with E-state index in [0.29, 0.717) is 19.3 Å². The minimum Gasteiger partial charge on any atom is -0.480 e. The zero-order chi connectivity index (χ0) is 38.5. The first-order valence-corrected chi connectivity index (χ1v) is 20.5. The summed E-state index contributed by atoms with van der Waals surface area (Å²) in [5, 5.41) is 21.7. The van der Waals surface area contributed by atoms with Crippen molar-refractivity contribution >= 4 is 25.7 Å². The molecule has 0 fully saturated rings. The molecule has 12 heteroatoms. The van der Waals surface area contributed by atoms with Crippen LogP contribution in [0, 0.1) is 0 Å². The van der Waals surface area contributed by atoms with Crippen LogP contribution in [0.5, 0.6) is 0 Å². The number of carboxylic acid groups (broad SMARTS) is 1. The van der Waals surface area contributed by atoms with Gasteiger partial charge >= 0.3 is 19.8 Å². The lowest BCUT2D eigenvalue weighted by Crippen LogP contribution is -2.43. The van der Waals surface area contributed by atoms with Crippen molar-refractivity contribution in [2.45, 2.75) is 142 Å². The van der Waals surface area contributed by atoms with Gasteiger partial charge in [0.2, 0.25) is 5.91 Å². The molecule has 11 nitrogen and oxygen atoms in total. The number of carbonyl (C=O) groups excluding carboxylic acids is 2. The second-order valence-electron chi connectivity index (χ2n) is 12.4. The second kappa shape index (κ2) is 35.0. The van der Waals surface area contributed by atoms with Crippen LogP contribution in [0.25, 0.3) is 0 Å². The molecule has 0 saturated heterocycles. The van der Waals surface area contributed by atoms with E-state index in [2.05, 4.69) is 79.9 Å². The van der Waals surface area contributed by atoms with Gasteiger partial charge in [0, 0.05) is 12.8 Å². The summed E-state index contributed by atoms with van der Waals surface area (Å²) in [4.78, 5) is 45.7. The molecule has 0 aromatic rings. The van der Waals surface area contributed by atoms with E-state index in [1.54, 1.807) is 0 Å². The maximum absolute atomic E-state index is 12.2. The summed E-state index contributed by atoms with van der Waals surface area (Å²) in [5.74, 6) is -2.48. The Morgan fingerprint density at radius 2 is 1.13 bits per heavy atom. The van der Waals surface area contributed by atoms with Gasteiger partial charge in [-0.3, -0.25) is 18.6 Å². The highest BCUT2D eigenvalue weighted by Gasteiger charge is 2.28. The number of phosphoric acid groups is 1. The molecule has 0 rings (SSSR count). The van der Waals surface area contributed by atoms with Gasteiger partial charge in [0.25, 0.3) is 0 Å². The second-order valence-corrected chi connectivity index (χ2v) is 13.8. The molecule has 52 heavy (non-hydrogen) atoms. The van der Waals surface area contributed by atoms with Crippen LogP contribution >= 0.6 is 7.82 Å². The van der Waals surface area contributed by atoms with E-state index >= 15 is 0 Å². The topological polar surface area (TPSA) is 169 Å². The van der Waals surface area contributed by atoms with E-state index < -0.39 is 57.6 Å². The summed E-state index contributed by atoms with van der Waals surface area (Å²) in [7, 11) is -4.77. The average molecular weight is 752 g/mol. The molecule has 0 aromatic heterocycles. The van der Waals surface area contributed by atoms with Crippen LogP contribution in [0.3, 0.4) is 0 Å². The first-order valence-electron chi connectivity index (χ1n) is 19.0. The Kier molecular flexibility index (Phi) is 32.9. The first kappa shape index (κ1) is 48.9. The summed E-state index contributed by atoms with van der Waals surface area (Å²) in [6.45, 7) is 2.35. The number of aliphatic hydroxyl groups is 1. The number of hydrogen-bond acceptors (Lipinski definition) is 8. The van der Waals surface area contributed by atoms with Gasteiger partial charge in [0.15, 0.2) is 6.04 Å². The van der Waals surface area contributed by atoms with Gasteiger partial charge in [0.1, 0.15) is 12.7 Å². The molecule has 1 amide bonds. The van der Waals surface area contributed by atoms with Gasteiger partial charge in [0.05, 0.1) is 13.2 Å². The third-order valence-corrected chi connectivity index (χ3v) is 8.43. The minimum absolute atomic E-state index is 0.0629. The summed E-state index contributed by atoms with van der Waals surface area (Å²) in [6, 6.07) is -1.58. The minimum atomic E-state index is -4.77. The number of carbonyl (C=O) groups is 3. The fourth-order valence-corrected chi connectivity index (χ4v) is 5.28. The maximum Gasteiger partial charge on any atom is 0.472 e. The molecule has 0 bridgehead atoms. The van der Waals surface area contributed by atoms with E-state index in [4.69, 9.17) is 13.8 Å². The molecule has 0 aliphatic carbocycles. The number of phosphoric ester groups is 1. The molecular formula is C40H66NO10P. The molecule has 0 heterocycles. The molecule has 0 aromatic carbocycles. The number of allylic oxidation sites excluding steroid dienone is 12. The normalized spacial score (nSPS) is 14.7. The lowest BCUT2D eigenvalue weighted by atomic mass is 10.1. The Morgan fingerprint density at radius 3 is 1.73 bits per heavy atom. The molecular weight excluding hydrogens is 685 g/mol. The lowest BCUT2D eigenvalue weighted by Gasteiger charge is -2.18. The van der Waals surface area contributed by atoms with Crippen molar-refractivity contribution in [3.8, 4) is 0 Å². The van der Waals surface area contributed by atoms with E-state index in [1.165, 1.54) is 12.8 Å². The van der Waals surface area contributed by atoms with Crippen molar-refractivity contribution in [2.24, 2.45) is 0 Å². The van der Waals surface area contributed by atoms with Crippen molar-refractivity contribution < 1.29 is 47.8 Å². The zero-order valence-electron chi connectivity index (χ0n) is 31.6. The van der Waals surface area contributed by atoms with Crippen molar-refractivity contribution in [1.29, 1.82) is 0 Å². The predicted molar refractivity (Wildman–Crippen MR) is 208 cm³/mol. The van der Waals surface area contributed by atoms with Crippen LogP contribution < -0.4 is 5.32 Å². The molecule has 0 radical (unpaired) electrons. The predicted octanol–water partition coefficient (Wildman–Crippen LogP) is 8.99. The van der Waals surface area contributed by atoms with Gasteiger partial charge in [-0.2, -0.15) is 0 Å². The third kappa shape index (κ3) is 34.0. The van der Waals surface area contributed by atoms with Crippen LogP contribution in [-0.2, 0) is 32.7 Å². The number of esters is 1. The first-order chi connectivity index (χ1) is 25.1. The standard InChI is InChI=1S/C40H66NO10P/c1-3-5-7-9-11-13-15-16-17-18-19-20-22-23-25-27-29-31-38(43)41-37(40(45)46)35-51-52(47,48)50-34-36(42)33-49-39(44)32-30-28-26-24-21-14-12-10-8-6-4-2/h5,7,10-13,16-17,19-20,23,25,36-37,42H,3-4,6,8-9,14-15,18,21-22,24,26-35H2,1-2H3,(H,41,43)(H,45,46)(H,47,48)/b7-5-,12-10-,13-11-,17-16-,20-19-,25-23-. The monoisotopic (exact) mass is 751 g/mol. The van der Waals surface area contributed by atoms with Crippen molar-refractivity contribution in [2.75, 3.05) is 19.8 Å². The molecule has 3 atom stereocenters. The number of hydrogen-bond donors (Lipinski definition) is 4. The quantitative estimate of drug-likeness (QED) is 0.0216. The number of aliphatic carboxylic acids is 1. The molecule has 3 unspecified atom stereocenters. The number of aliphatic hydroxyl groups excluding tert-OH is 1. The Balaban J connectivity index is 4.10. The van der Waals surface area contributed by atoms with Crippen LogP contribution in [0.15, 0.2) is 72.9 Å². The number of amides is 1. The molecule has 4 N–H and O–H groups in total. The summed E-state index contributed by atoms with van der Waals surface area (Å²) >= 11 is 0. The highest BCUT2D eigenvalue weighted by molar-refractivity contribution is 7.47. The average Bonchev–Trinajstić information content (AvgIpc) is 3.11. The molecule has 0 saturated carbocycles. The highest BCUT2D eigenvalue weighted by atomic mass is 31.2. The Hall–Kier alpha value is -3.08. The number of rotatable bonds is 34. The van der Waals surface area contributed by atoms with E-state index in [0.717, 1.165) is 70.6 Å². The Bertz CT molecular complexity index is 1160. The lowest BCUT2D eigenvalue weighted by molar-refractivity contribution is -0.147. The molecule has 0 spiro atoms. The largest absolute Gasteiger partial charge is 0.480 e. The Morgan fingerprint density at radius 1 is 0.635 bits per heavy atom. The van der Waals surface area contributed by atoms with Crippen LogP contribution in [0.1, 0.15) is 129 Å². The summed E-state index contributed by atoms with van der Waals surface area (Å²) in [6.07, 6.45) is 39.5. The SMILES string of the molecule is CC/C=C\C/C=C\C/C=C\C/C=C\C/C=C\CCCC(=O)NC(COP(=O)(O)OCC(O)COC(=O)CCCCCCC/C=C\CCCC)C(=O)O. The molecule has 296 valence electrons. The number of unbranched alkanes of at least 4 members (excludes halogenated alkanes) is 8. The fraction of sp³-hybridized carbons (Fsp3) is 0.625. The third-order valence-electron chi connectivity index (χ3n) is 7.48. The van der Waals surface area contributed by atoms with Gasteiger partial charge < -0.3 is 25.2 Å². The fourth-order valence-electron chi connectivity index (χ4n) is 4.51. The Labute approximate surface area is 312 Å². The van der Waals surface area contributed by atoms with E-state index in [1.807, 2.05) is 12.2 Å². The molecule has 0 aliphatic rings. The van der Waals surface area contributed by atoms with Gasteiger partial charge in [-0.05, 0) is 70.6 Å². The highest BCUT2D eigenvalue weighted by Crippen LogP contribution is 2.43. The van der Waals surface area contributed by atoms with Crippen LogP contribution in [-0.4, -0.2) is 64.9 Å². The van der Waals surface area contributed by atoms with E-state index in [-0.39, 0.29) is 12.8 Å². The van der Waals surface area contributed by atoms with Gasteiger partial charge in [-0.15, -0.1) is 0 Å². The van der Waals surface area contributed by atoms with Crippen LogP contribution in [0.2, 0.25) is 0 Å². The zero-order valence-corrected chi connectivity index (χ0v) is 32.5. The number of carboxylic acids is 1. The van der Waals surface area contributed by atoms with Crippen molar-refractivity contribution in [1.82, 2.24) is 5.32 Å². The van der Waals surface area contributed by atoms with Crippen LogP contribution in [0.4, 0.5) is 0 Å². The summed E-state index contributed by atoms with van der Waals surface area (Å²) in [5.41, 5.74) is 0.